The van der Waals surface area contributed by atoms with Crippen molar-refractivity contribution in [2.24, 2.45) is 0 Å². The topological polar surface area (TPSA) is 79.4 Å². The van der Waals surface area contributed by atoms with Gasteiger partial charge in [-0.3, -0.25) is 0 Å². The smallest absolute Gasteiger partial charge is 0.319 e. The summed E-state index contributed by atoms with van der Waals surface area (Å²) in [4.78, 5) is 24.3. The molecule has 172 valence electrons. The second-order valence-corrected chi connectivity index (χ2v) is 12.5. The number of carbonyl (C=O) groups excluding carboxylic acids is 1. The van der Waals surface area contributed by atoms with E-state index in [-0.39, 0.29) is 16.8 Å². The number of rotatable bonds is 4. The third-order valence-corrected chi connectivity index (χ3v) is 9.64. The number of amides is 2. The van der Waals surface area contributed by atoms with Crippen LogP contribution in [0.15, 0.2) is 24.3 Å². The summed E-state index contributed by atoms with van der Waals surface area (Å²) in [7, 11) is -1.40. The largest absolute Gasteiger partial charge is 0.377 e. The SMILES string of the molecule is C=S1(=C)Cc2c(N3CCOC[C@@H]3C)nc(-c3ccc(NC(=O)NCC)cc3)nc2C1(C)C. The molecule has 0 unspecified atom stereocenters. The molecule has 2 N–H and O–H groups in total. The average molecular weight is 456 g/mol. The first-order valence-corrected chi connectivity index (χ1v) is 13.2. The molecule has 2 aromatic rings. The normalized spacial score (nSPS) is 21.1. The van der Waals surface area contributed by atoms with E-state index in [2.05, 4.69) is 48.0 Å². The van der Waals surface area contributed by atoms with Crippen molar-refractivity contribution in [2.45, 2.75) is 44.2 Å². The molecule has 1 saturated heterocycles. The first kappa shape index (κ1) is 22.6. The Labute approximate surface area is 191 Å². The van der Waals surface area contributed by atoms with Gasteiger partial charge in [-0.15, -0.1) is 0 Å². The molecule has 8 heteroatoms. The van der Waals surface area contributed by atoms with Gasteiger partial charge in [0.05, 0.1) is 24.9 Å². The van der Waals surface area contributed by atoms with Crippen LogP contribution >= 0.6 is 9.21 Å². The summed E-state index contributed by atoms with van der Waals surface area (Å²) in [5.74, 6) is 11.5. The minimum Gasteiger partial charge on any atom is -0.377 e. The first-order valence-electron chi connectivity index (χ1n) is 11.0. The van der Waals surface area contributed by atoms with Gasteiger partial charge in [0.25, 0.3) is 0 Å². The molecule has 1 aromatic heterocycles. The maximum Gasteiger partial charge on any atom is 0.319 e. The number of ether oxygens (including phenoxy) is 1. The lowest BCUT2D eigenvalue weighted by molar-refractivity contribution is 0.0984. The van der Waals surface area contributed by atoms with E-state index >= 15 is 0 Å². The zero-order valence-electron chi connectivity index (χ0n) is 19.4. The van der Waals surface area contributed by atoms with E-state index in [0.717, 1.165) is 35.1 Å². The molecule has 2 aliphatic heterocycles. The number of carbonyl (C=O) groups is 1. The summed E-state index contributed by atoms with van der Waals surface area (Å²) in [5, 5.41) is 5.56. The van der Waals surface area contributed by atoms with Crippen molar-refractivity contribution in [1.82, 2.24) is 15.3 Å². The summed E-state index contributed by atoms with van der Waals surface area (Å²) in [6, 6.07) is 7.67. The Morgan fingerprint density at radius 1 is 1.28 bits per heavy atom. The maximum atomic E-state index is 11.8. The van der Waals surface area contributed by atoms with Crippen LogP contribution in [0.1, 0.15) is 39.0 Å². The molecule has 0 saturated carbocycles. The van der Waals surface area contributed by atoms with Gasteiger partial charge < -0.3 is 20.3 Å². The highest BCUT2D eigenvalue weighted by Crippen LogP contribution is 2.56. The van der Waals surface area contributed by atoms with Gasteiger partial charge in [0.2, 0.25) is 0 Å². The highest BCUT2D eigenvalue weighted by molar-refractivity contribution is 8.28. The van der Waals surface area contributed by atoms with Gasteiger partial charge in [-0.1, -0.05) is 11.7 Å². The van der Waals surface area contributed by atoms with Gasteiger partial charge in [0.15, 0.2) is 5.82 Å². The van der Waals surface area contributed by atoms with Gasteiger partial charge in [-0.25, -0.2) is 14.8 Å². The van der Waals surface area contributed by atoms with Gasteiger partial charge in [0.1, 0.15) is 5.82 Å². The van der Waals surface area contributed by atoms with E-state index in [1.54, 1.807) is 0 Å². The van der Waals surface area contributed by atoms with E-state index in [4.69, 9.17) is 14.7 Å². The van der Waals surface area contributed by atoms with E-state index in [0.29, 0.717) is 25.6 Å². The van der Waals surface area contributed by atoms with Crippen molar-refractivity contribution >= 4 is 38.5 Å². The van der Waals surface area contributed by atoms with E-state index < -0.39 is 9.21 Å². The number of nitrogens with one attached hydrogen (secondary N) is 2. The van der Waals surface area contributed by atoms with E-state index in [1.807, 2.05) is 31.2 Å². The Balaban J connectivity index is 1.77. The van der Waals surface area contributed by atoms with Gasteiger partial charge in [0, 0.05) is 40.4 Å². The minimum atomic E-state index is -1.40. The molecule has 2 aliphatic rings. The number of aromatic nitrogens is 2. The molecule has 0 radical (unpaired) electrons. The predicted molar refractivity (Wildman–Crippen MR) is 136 cm³/mol. The van der Waals surface area contributed by atoms with Crippen LogP contribution in [0.5, 0.6) is 0 Å². The summed E-state index contributed by atoms with van der Waals surface area (Å²) in [6.45, 7) is 11.2. The van der Waals surface area contributed by atoms with Crippen LogP contribution in [0, 0.1) is 0 Å². The number of benzene rings is 1. The molecule has 1 atom stereocenters. The molecule has 4 rings (SSSR count). The lowest BCUT2D eigenvalue weighted by Gasteiger charge is -2.35. The zero-order valence-corrected chi connectivity index (χ0v) is 20.2. The average Bonchev–Trinajstić information content (AvgIpc) is 2.93. The van der Waals surface area contributed by atoms with Crippen molar-refractivity contribution in [3.63, 3.8) is 0 Å². The molecular weight excluding hydrogens is 422 g/mol. The van der Waals surface area contributed by atoms with Crippen molar-refractivity contribution in [1.29, 1.82) is 0 Å². The summed E-state index contributed by atoms with van der Waals surface area (Å²) >= 11 is 0. The third kappa shape index (κ3) is 3.97. The molecular formula is C24H33N5O2S. The fourth-order valence-corrected chi connectivity index (χ4v) is 5.97. The Morgan fingerprint density at radius 3 is 2.66 bits per heavy atom. The molecule has 0 spiro atoms. The van der Waals surface area contributed by atoms with Crippen LogP contribution in [-0.2, 0) is 15.2 Å². The molecule has 0 aliphatic carbocycles. The zero-order chi connectivity index (χ0) is 23.1. The van der Waals surface area contributed by atoms with Gasteiger partial charge in [-0.05, 0) is 52.0 Å². The van der Waals surface area contributed by atoms with Gasteiger partial charge >= 0.3 is 6.03 Å². The Hall–Kier alpha value is -2.58. The first-order chi connectivity index (χ1) is 15.1. The fraction of sp³-hybridized carbons (Fsp3) is 0.458. The monoisotopic (exact) mass is 455 g/mol. The summed E-state index contributed by atoms with van der Waals surface area (Å²) in [6.07, 6.45) is 0. The Bertz CT molecular complexity index is 1130. The molecule has 3 heterocycles. The molecule has 1 fully saturated rings. The molecule has 32 heavy (non-hydrogen) atoms. The highest BCUT2D eigenvalue weighted by atomic mass is 32.2. The summed E-state index contributed by atoms with van der Waals surface area (Å²) < 4.78 is 5.46. The van der Waals surface area contributed by atoms with Crippen LogP contribution in [-0.4, -0.2) is 60.1 Å². The number of hydrogen-bond donors (Lipinski definition) is 2. The molecule has 7 nitrogen and oxygen atoms in total. The number of anilines is 2. The lowest BCUT2D eigenvalue weighted by Crippen LogP contribution is -2.44. The number of fused-ring (bicyclic) bond motifs is 1. The number of urea groups is 1. The number of hydrogen-bond acceptors (Lipinski definition) is 5. The molecule has 0 bridgehead atoms. The van der Waals surface area contributed by atoms with Crippen molar-refractivity contribution in [2.75, 3.05) is 36.5 Å². The van der Waals surface area contributed by atoms with Crippen molar-refractivity contribution < 1.29 is 9.53 Å². The van der Waals surface area contributed by atoms with Crippen LogP contribution in [0.2, 0.25) is 0 Å². The quantitative estimate of drug-likeness (QED) is 0.683. The minimum absolute atomic E-state index is 0.204. The van der Waals surface area contributed by atoms with Crippen LogP contribution in [0.4, 0.5) is 16.3 Å². The second-order valence-electron chi connectivity index (χ2n) is 9.08. The maximum absolute atomic E-state index is 11.8. The Kier molecular flexibility index (Phi) is 5.94. The second kappa shape index (κ2) is 8.41. The van der Waals surface area contributed by atoms with Crippen molar-refractivity contribution in [3.8, 4) is 11.4 Å². The van der Waals surface area contributed by atoms with E-state index in [9.17, 15) is 4.79 Å². The number of morpholine rings is 1. The highest BCUT2D eigenvalue weighted by Gasteiger charge is 2.41. The third-order valence-electron chi connectivity index (χ3n) is 6.44. The summed E-state index contributed by atoms with van der Waals surface area (Å²) in [5.41, 5.74) is 3.87. The Morgan fingerprint density at radius 2 is 2.00 bits per heavy atom. The molecule has 2 amide bonds. The standard InChI is InChI=1S/C24H33N5O2S/c1-7-25-23(30)26-18-10-8-17(9-11-18)21-27-20-19(15-32(5,6)24(20,3)4)22(28-21)29-12-13-31-14-16(29)2/h8-11,16H,5-7,12-15H2,1-4H3,(H2,25,26,30)/t16-/m0/s1. The lowest BCUT2D eigenvalue weighted by atomic mass is 10.0. The van der Waals surface area contributed by atoms with Crippen LogP contribution in [0.3, 0.4) is 0 Å². The number of nitrogens with zero attached hydrogens (tertiary/aromatic N) is 3. The van der Waals surface area contributed by atoms with E-state index in [1.165, 1.54) is 5.56 Å². The van der Waals surface area contributed by atoms with Crippen LogP contribution in [0.25, 0.3) is 11.4 Å². The molecule has 1 aromatic carbocycles. The van der Waals surface area contributed by atoms with Crippen molar-refractivity contribution in [3.05, 3.63) is 35.5 Å². The van der Waals surface area contributed by atoms with Gasteiger partial charge in [-0.2, -0.15) is 9.21 Å². The van der Waals surface area contributed by atoms with Crippen LogP contribution < -0.4 is 15.5 Å². The fourth-order valence-electron chi connectivity index (χ4n) is 4.21. The predicted octanol–water partition coefficient (Wildman–Crippen LogP) is 3.93.